The molecule has 0 aliphatic carbocycles. The van der Waals surface area contributed by atoms with Crippen molar-refractivity contribution in [2.24, 2.45) is 10.9 Å². The number of nitrogens with zero attached hydrogens (tertiary/aromatic N) is 2. The van der Waals surface area contributed by atoms with Gasteiger partial charge < -0.3 is 5.43 Å². The first-order valence-electron chi connectivity index (χ1n) is 7.56. The molecule has 0 saturated heterocycles. The van der Waals surface area contributed by atoms with E-state index in [1.807, 2.05) is 30.0 Å². The normalized spacial score (nSPS) is 16.9. The molecule has 1 aliphatic rings. The lowest BCUT2D eigenvalue weighted by atomic mass is 10.00. The third kappa shape index (κ3) is 4.61. The summed E-state index contributed by atoms with van der Waals surface area (Å²) in [6, 6.07) is 8.60. The van der Waals surface area contributed by atoms with Gasteiger partial charge >= 0.3 is 0 Å². The van der Waals surface area contributed by atoms with Crippen LogP contribution in [-0.2, 0) is 0 Å². The summed E-state index contributed by atoms with van der Waals surface area (Å²) in [7, 11) is 2.04. The summed E-state index contributed by atoms with van der Waals surface area (Å²) in [5.41, 5.74) is 6.89. The lowest BCUT2D eigenvalue weighted by Gasteiger charge is -2.14. The molecule has 0 amide bonds. The van der Waals surface area contributed by atoms with Crippen molar-refractivity contribution in [2.75, 3.05) is 19.3 Å². The number of thioether (sulfide) groups is 1. The predicted molar refractivity (Wildman–Crippen MR) is 92.7 cm³/mol. The third-order valence-corrected chi connectivity index (χ3v) is 4.49. The molecular weight excluding hydrogens is 278 g/mol. The van der Waals surface area contributed by atoms with Gasteiger partial charge in [-0.3, -0.25) is 4.99 Å². The molecule has 1 N–H and O–H groups in total. The molecule has 0 aromatic heterocycles. The maximum absolute atomic E-state index is 4.93. The van der Waals surface area contributed by atoms with E-state index in [0.717, 1.165) is 24.4 Å². The van der Waals surface area contributed by atoms with Gasteiger partial charge in [0.2, 0.25) is 0 Å². The SMILES string of the molecule is CCN(C)N/C=C1\CSc2ccccc2C(CC(C)C)=N1. The van der Waals surface area contributed by atoms with Gasteiger partial charge in [0, 0.05) is 41.7 Å². The van der Waals surface area contributed by atoms with Gasteiger partial charge in [-0.15, -0.1) is 11.8 Å². The maximum Gasteiger partial charge on any atom is 0.0680 e. The topological polar surface area (TPSA) is 27.6 Å². The van der Waals surface area contributed by atoms with Crippen LogP contribution in [0.3, 0.4) is 0 Å². The Bertz CT molecular complexity index is 535. The summed E-state index contributed by atoms with van der Waals surface area (Å²) in [6.45, 7) is 7.57. The molecule has 1 aromatic carbocycles. The Kier molecular flexibility index (Phi) is 5.88. The van der Waals surface area contributed by atoms with Crippen molar-refractivity contribution in [2.45, 2.75) is 32.1 Å². The van der Waals surface area contributed by atoms with E-state index in [-0.39, 0.29) is 0 Å². The minimum absolute atomic E-state index is 0.604. The van der Waals surface area contributed by atoms with Gasteiger partial charge in [0.1, 0.15) is 0 Å². The molecule has 4 heteroatoms. The molecule has 1 aromatic rings. The van der Waals surface area contributed by atoms with E-state index in [1.165, 1.54) is 16.2 Å². The van der Waals surface area contributed by atoms with Crippen LogP contribution in [0.5, 0.6) is 0 Å². The molecule has 2 rings (SSSR count). The Morgan fingerprint density at radius 3 is 2.86 bits per heavy atom. The minimum atomic E-state index is 0.604. The first kappa shape index (κ1) is 16.1. The lowest BCUT2D eigenvalue weighted by Crippen LogP contribution is -2.29. The number of benzene rings is 1. The van der Waals surface area contributed by atoms with Crippen molar-refractivity contribution in [3.05, 3.63) is 41.7 Å². The Balaban J connectivity index is 2.29. The average molecular weight is 303 g/mol. The molecule has 1 aliphatic heterocycles. The van der Waals surface area contributed by atoms with E-state index in [0.29, 0.717) is 5.92 Å². The second-order valence-corrected chi connectivity index (χ2v) is 6.74. The summed E-state index contributed by atoms with van der Waals surface area (Å²) in [5, 5.41) is 2.05. The second kappa shape index (κ2) is 7.66. The van der Waals surface area contributed by atoms with Gasteiger partial charge in [-0.05, 0) is 18.4 Å². The fourth-order valence-electron chi connectivity index (χ4n) is 2.14. The zero-order chi connectivity index (χ0) is 15.2. The molecule has 0 radical (unpaired) electrons. The Morgan fingerprint density at radius 1 is 1.38 bits per heavy atom. The third-order valence-electron chi connectivity index (χ3n) is 3.38. The van der Waals surface area contributed by atoms with E-state index < -0.39 is 0 Å². The van der Waals surface area contributed by atoms with Crippen molar-refractivity contribution in [1.29, 1.82) is 0 Å². The Hall–Kier alpha value is -1.26. The molecule has 0 saturated carbocycles. The van der Waals surface area contributed by atoms with Crippen LogP contribution in [0.15, 0.2) is 46.1 Å². The standard InChI is InChI=1S/C17H25N3S/c1-5-20(4)18-11-14-12-21-17-9-7-6-8-15(17)16(19-14)10-13(2)3/h6-9,11,13,18H,5,10,12H2,1-4H3/b14-11+. The summed E-state index contributed by atoms with van der Waals surface area (Å²) in [4.78, 5) is 6.27. The van der Waals surface area contributed by atoms with E-state index >= 15 is 0 Å². The molecule has 0 unspecified atom stereocenters. The number of nitrogens with one attached hydrogen (secondary N) is 1. The van der Waals surface area contributed by atoms with Gasteiger partial charge in [-0.25, -0.2) is 5.01 Å². The predicted octanol–water partition coefficient (Wildman–Crippen LogP) is 3.93. The number of hydrogen-bond acceptors (Lipinski definition) is 4. The van der Waals surface area contributed by atoms with Gasteiger partial charge in [-0.1, -0.05) is 39.0 Å². The molecule has 0 bridgehead atoms. The highest BCUT2D eigenvalue weighted by atomic mass is 32.2. The molecule has 1 heterocycles. The maximum atomic E-state index is 4.93. The molecule has 0 fully saturated rings. The Labute approximate surface area is 132 Å². The molecule has 114 valence electrons. The lowest BCUT2D eigenvalue weighted by molar-refractivity contribution is 0.291. The van der Waals surface area contributed by atoms with Crippen LogP contribution in [0, 0.1) is 5.92 Å². The van der Waals surface area contributed by atoms with E-state index in [1.54, 1.807) is 0 Å². The van der Waals surface area contributed by atoms with Crippen LogP contribution < -0.4 is 5.43 Å². The minimum Gasteiger partial charge on any atom is -0.325 e. The van der Waals surface area contributed by atoms with Crippen LogP contribution in [0.1, 0.15) is 32.8 Å². The van der Waals surface area contributed by atoms with E-state index in [2.05, 4.69) is 50.5 Å². The van der Waals surface area contributed by atoms with Crippen molar-refractivity contribution >= 4 is 17.5 Å². The number of fused-ring (bicyclic) bond motifs is 1. The van der Waals surface area contributed by atoms with E-state index in [4.69, 9.17) is 4.99 Å². The molecule has 21 heavy (non-hydrogen) atoms. The van der Waals surface area contributed by atoms with Crippen molar-refractivity contribution in [1.82, 2.24) is 10.4 Å². The first-order chi connectivity index (χ1) is 10.1. The summed E-state index contributed by atoms with van der Waals surface area (Å²) in [5.74, 6) is 1.51. The summed E-state index contributed by atoms with van der Waals surface area (Å²) in [6.07, 6.45) is 3.04. The second-order valence-electron chi connectivity index (χ2n) is 5.72. The monoisotopic (exact) mass is 303 g/mol. The number of aliphatic imine (C=N–C) groups is 1. The van der Waals surface area contributed by atoms with Gasteiger partial charge in [-0.2, -0.15) is 0 Å². The molecule has 3 nitrogen and oxygen atoms in total. The van der Waals surface area contributed by atoms with Crippen LogP contribution >= 0.6 is 11.8 Å². The van der Waals surface area contributed by atoms with Crippen LogP contribution in [0.4, 0.5) is 0 Å². The number of rotatable bonds is 5. The quantitative estimate of drug-likeness (QED) is 0.835. The fraction of sp³-hybridized carbons (Fsp3) is 0.471. The van der Waals surface area contributed by atoms with Crippen LogP contribution in [-0.4, -0.2) is 30.1 Å². The van der Waals surface area contributed by atoms with Crippen molar-refractivity contribution in [3.63, 3.8) is 0 Å². The highest BCUT2D eigenvalue weighted by molar-refractivity contribution is 7.99. The van der Waals surface area contributed by atoms with Crippen LogP contribution in [0.2, 0.25) is 0 Å². The number of hydrazine groups is 1. The zero-order valence-corrected chi connectivity index (χ0v) is 14.2. The van der Waals surface area contributed by atoms with Gasteiger partial charge in [0.25, 0.3) is 0 Å². The van der Waals surface area contributed by atoms with Crippen molar-refractivity contribution < 1.29 is 0 Å². The van der Waals surface area contributed by atoms with Gasteiger partial charge in [0.15, 0.2) is 0 Å². The van der Waals surface area contributed by atoms with E-state index in [9.17, 15) is 0 Å². The van der Waals surface area contributed by atoms with Crippen LogP contribution in [0.25, 0.3) is 0 Å². The largest absolute Gasteiger partial charge is 0.325 e. The molecule has 0 atom stereocenters. The molecule has 0 spiro atoms. The highest BCUT2D eigenvalue weighted by Crippen LogP contribution is 2.30. The smallest absolute Gasteiger partial charge is 0.0680 e. The zero-order valence-electron chi connectivity index (χ0n) is 13.4. The fourth-order valence-corrected chi connectivity index (χ4v) is 3.11. The average Bonchev–Trinajstić information content (AvgIpc) is 2.64. The Morgan fingerprint density at radius 2 is 2.14 bits per heavy atom. The summed E-state index contributed by atoms with van der Waals surface area (Å²) >= 11 is 1.87. The molecular formula is C17H25N3S. The van der Waals surface area contributed by atoms with Crippen molar-refractivity contribution in [3.8, 4) is 0 Å². The number of hydrogen-bond donors (Lipinski definition) is 1. The highest BCUT2D eigenvalue weighted by Gasteiger charge is 2.16. The van der Waals surface area contributed by atoms with Gasteiger partial charge in [0.05, 0.1) is 5.70 Å². The first-order valence-corrected chi connectivity index (χ1v) is 8.54. The summed E-state index contributed by atoms with van der Waals surface area (Å²) < 4.78 is 0.